The summed E-state index contributed by atoms with van der Waals surface area (Å²) in [6.07, 6.45) is 0. The van der Waals surface area contributed by atoms with Crippen molar-refractivity contribution in [2.75, 3.05) is 0 Å². The van der Waals surface area contributed by atoms with Crippen molar-refractivity contribution in [3.05, 3.63) is 63.2 Å². The van der Waals surface area contributed by atoms with Crippen LogP contribution in [0, 0.1) is 35.6 Å². The van der Waals surface area contributed by atoms with Crippen LogP contribution < -0.4 is 0 Å². The highest BCUT2D eigenvalue weighted by Gasteiger charge is 2.22. The van der Waals surface area contributed by atoms with E-state index in [1.807, 2.05) is 6.07 Å². The van der Waals surface area contributed by atoms with Crippen LogP contribution in [0.5, 0.6) is 0 Å². The van der Waals surface area contributed by atoms with Gasteiger partial charge < -0.3 is 0 Å². The van der Waals surface area contributed by atoms with Crippen molar-refractivity contribution >= 4 is 5.69 Å². The fourth-order valence-electron chi connectivity index (χ4n) is 2.07. The van der Waals surface area contributed by atoms with Gasteiger partial charge in [-0.15, -0.1) is 0 Å². The lowest BCUT2D eigenvalue weighted by molar-refractivity contribution is -0.387. The van der Waals surface area contributed by atoms with Gasteiger partial charge in [0.2, 0.25) is 5.82 Å². The Labute approximate surface area is 108 Å². The van der Waals surface area contributed by atoms with E-state index in [0.717, 1.165) is 23.3 Å². The molecule has 0 amide bonds. The number of aryl methyl sites for hydroxylation is 2. The second-order valence-corrected chi connectivity index (χ2v) is 4.39. The van der Waals surface area contributed by atoms with Crippen molar-refractivity contribution in [3.63, 3.8) is 0 Å². The molecule has 0 N–H and O–H groups in total. The summed E-state index contributed by atoms with van der Waals surface area (Å²) in [7, 11) is 0. The van der Waals surface area contributed by atoms with Gasteiger partial charge in [-0.05, 0) is 25.5 Å². The fourth-order valence-corrected chi connectivity index (χ4v) is 2.07. The summed E-state index contributed by atoms with van der Waals surface area (Å²) in [4.78, 5) is 9.83. The predicted molar refractivity (Wildman–Crippen MR) is 67.9 cm³/mol. The molecule has 98 valence electrons. The lowest BCUT2D eigenvalue weighted by atomic mass is 9.99. The molecule has 0 spiro atoms. The molecule has 0 heterocycles. The number of rotatable bonds is 2. The Bertz CT molecular complexity index is 648. The maximum absolute atomic E-state index is 14.1. The standard InChI is InChI=1S/C14H11F2NO2/c1-8-5-9(2)7-10(6-8)13-11(15)3-4-12(14(13)16)17(18)19/h3-7H,1-2H3. The van der Waals surface area contributed by atoms with Crippen molar-refractivity contribution in [1.29, 1.82) is 0 Å². The molecule has 0 aromatic heterocycles. The number of nitrogens with zero attached hydrogens (tertiary/aromatic N) is 1. The SMILES string of the molecule is Cc1cc(C)cc(-c2c(F)ccc([N+](=O)[O-])c2F)c1. The predicted octanol–water partition coefficient (Wildman–Crippen LogP) is 4.16. The third-order valence-corrected chi connectivity index (χ3v) is 2.78. The third kappa shape index (κ3) is 2.45. The van der Waals surface area contributed by atoms with E-state index in [1.165, 1.54) is 0 Å². The van der Waals surface area contributed by atoms with Crippen LogP contribution in [-0.4, -0.2) is 4.92 Å². The van der Waals surface area contributed by atoms with Crippen molar-refractivity contribution in [2.45, 2.75) is 13.8 Å². The van der Waals surface area contributed by atoms with Crippen LogP contribution in [-0.2, 0) is 0 Å². The van der Waals surface area contributed by atoms with E-state index in [1.54, 1.807) is 26.0 Å². The molecular formula is C14H11F2NO2. The van der Waals surface area contributed by atoms with Crippen LogP contribution in [0.25, 0.3) is 11.1 Å². The van der Waals surface area contributed by atoms with Crippen molar-refractivity contribution in [3.8, 4) is 11.1 Å². The molecule has 0 fully saturated rings. The topological polar surface area (TPSA) is 43.1 Å². The van der Waals surface area contributed by atoms with Crippen molar-refractivity contribution < 1.29 is 13.7 Å². The minimum absolute atomic E-state index is 0.302. The first-order valence-corrected chi connectivity index (χ1v) is 5.61. The van der Waals surface area contributed by atoms with Crippen LogP contribution in [0.2, 0.25) is 0 Å². The van der Waals surface area contributed by atoms with Crippen LogP contribution >= 0.6 is 0 Å². The first-order valence-electron chi connectivity index (χ1n) is 5.61. The highest BCUT2D eigenvalue weighted by molar-refractivity contribution is 5.69. The maximum atomic E-state index is 14.1. The molecule has 3 nitrogen and oxygen atoms in total. The number of nitro benzene ring substituents is 1. The summed E-state index contributed by atoms with van der Waals surface area (Å²) in [5.74, 6) is -1.96. The van der Waals surface area contributed by atoms with E-state index in [4.69, 9.17) is 0 Å². The average molecular weight is 263 g/mol. The van der Waals surface area contributed by atoms with Crippen LogP contribution in [0.3, 0.4) is 0 Å². The second-order valence-electron chi connectivity index (χ2n) is 4.39. The zero-order chi connectivity index (χ0) is 14.2. The fraction of sp³-hybridized carbons (Fsp3) is 0.143. The summed E-state index contributed by atoms with van der Waals surface area (Å²) in [6.45, 7) is 3.59. The van der Waals surface area contributed by atoms with Crippen molar-refractivity contribution in [1.82, 2.24) is 0 Å². The summed E-state index contributed by atoms with van der Waals surface area (Å²) in [6, 6.07) is 6.79. The van der Waals surface area contributed by atoms with Gasteiger partial charge in [-0.25, -0.2) is 4.39 Å². The third-order valence-electron chi connectivity index (χ3n) is 2.78. The molecule has 0 saturated heterocycles. The molecule has 2 aromatic rings. The molecule has 19 heavy (non-hydrogen) atoms. The van der Waals surface area contributed by atoms with E-state index < -0.39 is 22.2 Å². The molecule has 0 aliphatic carbocycles. The number of hydrogen-bond donors (Lipinski definition) is 0. The van der Waals surface area contributed by atoms with Crippen LogP contribution in [0.15, 0.2) is 30.3 Å². The maximum Gasteiger partial charge on any atom is 0.305 e. The molecule has 0 radical (unpaired) electrons. The van der Waals surface area contributed by atoms with Crippen molar-refractivity contribution in [2.24, 2.45) is 0 Å². The highest BCUT2D eigenvalue weighted by atomic mass is 19.1. The quantitative estimate of drug-likeness (QED) is 0.603. The smallest absolute Gasteiger partial charge is 0.258 e. The largest absolute Gasteiger partial charge is 0.305 e. The normalized spacial score (nSPS) is 10.5. The summed E-state index contributed by atoms with van der Waals surface area (Å²) in [5, 5.41) is 10.7. The Kier molecular flexibility index (Phi) is 3.29. The number of nitro groups is 1. The number of halogens is 2. The van der Waals surface area contributed by atoms with Gasteiger partial charge in [0.1, 0.15) is 5.82 Å². The minimum Gasteiger partial charge on any atom is -0.258 e. The molecule has 5 heteroatoms. The Hall–Kier alpha value is -2.30. The first kappa shape index (κ1) is 13.1. The van der Waals surface area contributed by atoms with E-state index in [9.17, 15) is 18.9 Å². The minimum atomic E-state index is -1.14. The molecule has 0 unspecified atom stereocenters. The summed E-state index contributed by atoms with van der Waals surface area (Å²) < 4.78 is 27.8. The molecule has 0 bridgehead atoms. The van der Waals surface area contributed by atoms with E-state index in [0.29, 0.717) is 5.56 Å². The Morgan fingerprint density at radius 2 is 1.63 bits per heavy atom. The van der Waals surface area contributed by atoms with Gasteiger partial charge in [0, 0.05) is 6.07 Å². The molecule has 0 aliphatic rings. The average Bonchev–Trinajstić information content (AvgIpc) is 2.26. The van der Waals surface area contributed by atoms with Gasteiger partial charge in [0.25, 0.3) is 0 Å². The highest BCUT2D eigenvalue weighted by Crippen LogP contribution is 2.32. The molecular weight excluding hydrogens is 252 g/mol. The van der Waals surface area contributed by atoms with Gasteiger partial charge in [-0.1, -0.05) is 29.3 Å². The second kappa shape index (κ2) is 4.76. The van der Waals surface area contributed by atoms with Gasteiger partial charge in [-0.3, -0.25) is 10.1 Å². The van der Waals surface area contributed by atoms with Gasteiger partial charge in [0.15, 0.2) is 0 Å². The summed E-state index contributed by atoms with van der Waals surface area (Å²) in [5.41, 5.74) is 0.883. The zero-order valence-corrected chi connectivity index (χ0v) is 10.4. The molecule has 2 rings (SSSR count). The Balaban J connectivity index is 2.74. The molecule has 2 aromatic carbocycles. The number of hydrogen-bond acceptors (Lipinski definition) is 2. The Morgan fingerprint density at radius 1 is 1.05 bits per heavy atom. The molecule has 0 aliphatic heterocycles. The van der Waals surface area contributed by atoms with Gasteiger partial charge in [-0.2, -0.15) is 4.39 Å². The first-order chi connectivity index (χ1) is 8.90. The van der Waals surface area contributed by atoms with Gasteiger partial charge in [0.05, 0.1) is 10.5 Å². The zero-order valence-electron chi connectivity index (χ0n) is 10.4. The number of benzene rings is 2. The lowest BCUT2D eigenvalue weighted by Gasteiger charge is -2.08. The van der Waals surface area contributed by atoms with Gasteiger partial charge >= 0.3 is 5.69 Å². The summed E-state index contributed by atoms with van der Waals surface area (Å²) >= 11 is 0. The van der Waals surface area contributed by atoms with Crippen LogP contribution in [0.1, 0.15) is 11.1 Å². The van der Waals surface area contributed by atoms with E-state index >= 15 is 0 Å². The Morgan fingerprint density at radius 3 is 2.16 bits per heavy atom. The monoisotopic (exact) mass is 263 g/mol. The molecule has 0 saturated carbocycles. The molecule has 0 atom stereocenters. The lowest BCUT2D eigenvalue weighted by Crippen LogP contribution is -1.98. The van der Waals surface area contributed by atoms with Crippen LogP contribution in [0.4, 0.5) is 14.5 Å². The van der Waals surface area contributed by atoms with E-state index in [2.05, 4.69) is 0 Å². The van der Waals surface area contributed by atoms with E-state index in [-0.39, 0.29) is 5.56 Å².